The van der Waals surface area contributed by atoms with Crippen LogP contribution < -0.4 is 0 Å². The van der Waals surface area contributed by atoms with Crippen LogP contribution in [0.3, 0.4) is 0 Å². The molecule has 1 aromatic rings. The fourth-order valence-electron chi connectivity index (χ4n) is 3.40. The van der Waals surface area contributed by atoms with E-state index in [9.17, 15) is 9.59 Å². The van der Waals surface area contributed by atoms with Crippen LogP contribution in [-0.2, 0) is 6.54 Å². The van der Waals surface area contributed by atoms with E-state index in [1.807, 2.05) is 41.5 Å². The Kier molecular flexibility index (Phi) is 8.20. The zero-order valence-electron chi connectivity index (χ0n) is 17.1. The Morgan fingerprint density at radius 2 is 1.12 bits per heavy atom. The summed E-state index contributed by atoms with van der Waals surface area (Å²) in [5.41, 5.74) is 3.01. The van der Waals surface area contributed by atoms with Crippen LogP contribution in [0, 0.1) is 13.8 Å². The highest BCUT2D eigenvalue weighted by Crippen LogP contribution is 2.26. The van der Waals surface area contributed by atoms with Gasteiger partial charge in [0.2, 0.25) is 0 Å². The fraction of sp³-hybridized carbons (Fsp3) is 0.700. The number of aromatic nitrogens is 1. The summed E-state index contributed by atoms with van der Waals surface area (Å²) in [6.45, 7) is 17.4. The molecule has 5 heteroatoms. The Morgan fingerprint density at radius 1 is 0.760 bits per heavy atom. The molecule has 25 heavy (non-hydrogen) atoms. The molecule has 0 aromatic carbocycles. The summed E-state index contributed by atoms with van der Waals surface area (Å²) in [7, 11) is 0. The first-order valence-corrected chi connectivity index (χ1v) is 9.67. The average molecular weight is 350 g/mol. The predicted molar refractivity (Wildman–Crippen MR) is 103 cm³/mol. The van der Waals surface area contributed by atoms with E-state index in [1.165, 1.54) is 0 Å². The van der Waals surface area contributed by atoms with Gasteiger partial charge in [-0.05, 0) is 48.0 Å². The van der Waals surface area contributed by atoms with Gasteiger partial charge in [0.1, 0.15) is 0 Å². The Hall–Kier alpha value is -1.78. The van der Waals surface area contributed by atoms with Crippen LogP contribution in [0.4, 0.5) is 0 Å². The van der Waals surface area contributed by atoms with Gasteiger partial charge in [0.05, 0.1) is 11.1 Å². The van der Waals surface area contributed by atoms with Crippen LogP contribution in [0.25, 0.3) is 0 Å². The van der Waals surface area contributed by atoms with Crippen molar-refractivity contribution in [1.82, 2.24) is 14.4 Å². The normalized spacial score (nSPS) is 10.8. The van der Waals surface area contributed by atoms with Crippen molar-refractivity contribution in [3.05, 3.63) is 22.5 Å². The fourth-order valence-corrected chi connectivity index (χ4v) is 3.40. The van der Waals surface area contributed by atoms with E-state index in [0.29, 0.717) is 37.3 Å². The summed E-state index contributed by atoms with van der Waals surface area (Å²) >= 11 is 0. The van der Waals surface area contributed by atoms with E-state index in [1.54, 1.807) is 9.80 Å². The number of nitrogens with zero attached hydrogens (tertiary/aromatic N) is 3. The third-order valence-electron chi connectivity index (χ3n) is 5.05. The zero-order valence-corrected chi connectivity index (χ0v) is 17.1. The van der Waals surface area contributed by atoms with Gasteiger partial charge in [0, 0.05) is 44.1 Å². The van der Waals surface area contributed by atoms with Gasteiger partial charge >= 0.3 is 0 Å². The smallest absolute Gasteiger partial charge is 0.256 e. The molecule has 0 spiro atoms. The molecule has 0 atom stereocenters. The van der Waals surface area contributed by atoms with Gasteiger partial charge in [-0.2, -0.15) is 0 Å². The maximum Gasteiger partial charge on any atom is 0.256 e. The zero-order chi connectivity index (χ0) is 19.1. The van der Waals surface area contributed by atoms with Gasteiger partial charge in [0.15, 0.2) is 0 Å². The van der Waals surface area contributed by atoms with Crippen molar-refractivity contribution in [2.24, 2.45) is 0 Å². The van der Waals surface area contributed by atoms with Crippen LogP contribution in [0.1, 0.15) is 79.6 Å². The average Bonchev–Trinajstić information content (AvgIpc) is 2.85. The SMILES string of the molecule is CCCCn1c(C)c(C(=O)N(CC)CC)c(C(=O)N(CC)CC)c1C. The van der Waals surface area contributed by atoms with E-state index in [2.05, 4.69) is 11.5 Å². The van der Waals surface area contributed by atoms with Crippen molar-refractivity contribution >= 4 is 11.8 Å². The number of hydrogen-bond donors (Lipinski definition) is 0. The quantitative estimate of drug-likeness (QED) is 0.679. The Balaban J connectivity index is 3.55. The predicted octanol–water partition coefficient (Wildman–Crippen LogP) is 3.87. The molecule has 0 saturated carbocycles. The first kappa shape index (κ1) is 21.3. The van der Waals surface area contributed by atoms with Gasteiger partial charge in [-0.15, -0.1) is 0 Å². The molecular formula is C20H35N3O2. The molecule has 0 saturated heterocycles. The van der Waals surface area contributed by atoms with E-state index in [4.69, 9.17) is 0 Å². The maximum absolute atomic E-state index is 13.1. The molecule has 0 fully saturated rings. The third kappa shape index (κ3) is 4.25. The minimum absolute atomic E-state index is 0.0312. The largest absolute Gasteiger partial charge is 0.348 e. The van der Waals surface area contributed by atoms with E-state index in [0.717, 1.165) is 30.8 Å². The molecule has 142 valence electrons. The van der Waals surface area contributed by atoms with Crippen LogP contribution in [-0.4, -0.2) is 52.4 Å². The number of hydrogen-bond acceptors (Lipinski definition) is 2. The topological polar surface area (TPSA) is 45.6 Å². The van der Waals surface area contributed by atoms with Gasteiger partial charge in [-0.3, -0.25) is 9.59 Å². The lowest BCUT2D eigenvalue weighted by Crippen LogP contribution is -2.35. The van der Waals surface area contributed by atoms with Crippen molar-refractivity contribution in [2.45, 2.75) is 67.9 Å². The molecule has 0 radical (unpaired) electrons. The third-order valence-corrected chi connectivity index (χ3v) is 5.05. The van der Waals surface area contributed by atoms with E-state index in [-0.39, 0.29) is 11.8 Å². The molecule has 1 heterocycles. The van der Waals surface area contributed by atoms with Gasteiger partial charge < -0.3 is 14.4 Å². The van der Waals surface area contributed by atoms with Gasteiger partial charge in [-0.25, -0.2) is 0 Å². The maximum atomic E-state index is 13.1. The second-order valence-electron chi connectivity index (χ2n) is 6.38. The van der Waals surface area contributed by atoms with E-state index >= 15 is 0 Å². The standard InChI is InChI=1S/C20H35N3O2/c1-8-13-14-23-15(6)17(19(24)21(9-2)10-3)18(16(23)7)20(25)22(11-4)12-5/h8-14H2,1-7H3. The summed E-state index contributed by atoms with van der Waals surface area (Å²) in [4.78, 5) is 29.9. The highest BCUT2D eigenvalue weighted by molar-refractivity contribution is 6.09. The minimum Gasteiger partial charge on any atom is -0.348 e. The summed E-state index contributed by atoms with van der Waals surface area (Å²) in [6, 6.07) is 0. The molecule has 1 aromatic heterocycles. The number of unbranched alkanes of at least 4 members (excludes halogenated alkanes) is 1. The summed E-state index contributed by atoms with van der Waals surface area (Å²) in [5, 5.41) is 0. The lowest BCUT2D eigenvalue weighted by atomic mass is 10.1. The Morgan fingerprint density at radius 3 is 1.40 bits per heavy atom. The molecule has 0 bridgehead atoms. The van der Waals surface area contributed by atoms with Crippen LogP contribution in [0.2, 0.25) is 0 Å². The molecule has 0 aliphatic rings. The van der Waals surface area contributed by atoms with Crippen LogP contribution in [0.5, 0.6) is 0 Å². The molecule has 1 rings (SSSR count). The van der Waals surface area contributed by atoms with Crippen LogP contribution >= 0.6 is 0 Å². The Bertz CT molecular complexity index is 549. The molecule has 5 nitrogen and oxygen atoms in total. The summed E-state index contributed by atoms with van der Waals surface area (Å²) in [6.07, 6.45) is 2.11. The second kappa shape index (κ2) is 9.64. The van der Waals surface area contributed by atoms with E-state index < -0.39 is 0 Å². The van der Waals surface area contributed by atoms with Gasteiger partial charge in [-0.1, -0.05) is 13.3 Å². The molecule has 2 amide bonds. The van der Waals surface area contributed by atoms with Crippen molar-refractivity contribution in [3.63, 3.8) is 0 Å². The van der Waals surface area contributed by atoms with Crippen molar-refractivity contribution in [1.29, 1.82) is 0 Å². The number of amides is 2. The summed E-state index contributed by atoms with van der Waals surface area (Å²) < 4.78 is 2.15. The number of carbonyl (C=O) groups is 2. The highest BCUT2D eigenvalue weighted by atomic mass is 16.2. The van der Waals surface area contributed by atoms with Crippen molar-refractivity contribution in [3.8, 4) is 0 Å². The lowest BCUT2D eigenvalue weighted by molar-refractivity contribution is 0.0733. The van der Waals surface area contributed by atoms with Crippen molar-refractivity contribution in [2.75, 3.05) is 26.2 Å². The first-order valence-electron chi connectivity index (χ1n) is 9.67. The summed E-state index contributed by atoms with van der Waals surface area (Å²) in [5.74, 6) is -0.0623. The first-order chi connectivity index (χ1) is 11.9. The molecule has 0 unspecified atom stereocenters. The molecule has 0 N–H and O–H groups in total. The monoisotopic (exact) mass is 349 g/mol. The second-order valence-corrected chi connectivity index (χ2v) is 6.38. The highest BCUT2D eigenvalue weighted by Gasteiger charge is 2.30. The number of rotatable bonds is 9. The molecular weight excluding hydrogens is 314 g/mol. The molecule has 0 aliphatic carbocycles. The van der Waals surface area contributed by atoms with Crippen LogP contribution in [0.15, 0.2) is 0 Å². The molecule has 0 aliphatic heterocycles. The lowest BCUT2D eigenvalue weighted by Gasteiger charge is -2.22. The van der Waals surface area contributed by atoms with Crippen molar-refractivity contribution < 1.29 is 9.59 Å². The van der Waals surface area contributed by atoms with Gasteiger partial charge in [0.25, 0.3) is 11.8 Å². The minimum atomic E-state index is -0.0312. The Labute approximate surface area is 153 Å². The number of carbonyl (C=O) groups excluding carboxylic acids is 2.